The number of nitrogens with one attached hydrogen (secondary N) is 1. The molecule has 0 unspecified atom stereocenters. The Labute approximate surface area is 175 Å². The molecule has 30 heavy (non-hydrogen) atoms. The van der Waals surface area contributed by atoms with Gasteiger partial charge in [0.05, 0.1) is 5.69 Å². The third-order valence-electron chi connectivity index (χ3n) is 4.63. The Hall–Kier alpha value is -3.41. The first kappa shape index (κ1) is 21.3. The summed E-state index contributed by atoms with van der Waals surface area (Å²) in [5.41, 5.74) is 0.168. The molecule has 1 aromatic rings. The van der Waals surface area contributed by atoms with E-state index >= 15 is 0 Å². The summed E-state index contributed by atoms with van der Waals surface area (Å²) in [5.74, 6) is 4.23. The lowest BCUT2D eigenvalue weighted by Gasteiger charge is -2.32. The van der Waals surface area contributed by atoms with Crippen LogP contribution in [0.25, 0.3) is 6.08 Å². The zero-order valence-corrected chi connectivity index (χ0v) is 17.6. The van der Waals surface area contributed by atoms with Gasteiger partial charge in [-0.25, -0.2) is 14.8 Å². The molecular formula is C21H25N5O4. The molecule has 158 valence electrons. The number of rotatable bonds is 3. The van der Waals surface area contributed by atoms with E-state index in [0.717, 1.165) is 12.8 Å². The summed E-state index contributed by atoms with van der Waals surface area (Å²) in [6.07, 6.45) is 4.21. The van der Waals surface area contributed by atoms with Crippen molar-refractivity contribution in [2.75, 3.05) is 25.0 Å². The van der Waals surface area contributed by atoms with E-state index in [0.29, 0.717) is 24.7 Å². The van der Waals surface area contributed by atoms with Crippen LogP contribution in [0, 0.1) is 11.8 Å². The number of hydrogen-bond acceptors (Lipinski definition) is 7. The number of allylic oxidation sites excluding steroid dienone is 1. The van der Waals surface area contributed by atoms with Crippen molar-refractivity contribution in [2.45, 2.75) is 45.3 Å². The average molecular weight is 411 g/mol. The molecule has 9 nitrogen and oxygen atoms in total. The topological polar surface area (TPSA) is 105 Å². The van der Waals surface area contributed by atoms with E-state index < -0.39 is 23.4 Å². The third kappa shape index (κ3) is 5.35. The average Bonchev–Trinajstić information content (AvgIpc) is 2.67. The standard InChI is InChI=1S/C21H25N5O4/c1-21(2,3)30-20(29)24-14-8-11-26(12-9-14)19-22-10-7-15(23-19)13-16-17(27)5-6-18(28)25(16)4/h7,10,13-14H,8-9,11-12H2,1-4H3,(H,24,29)/b16-13-. The van der Waals surface area contributed by atoms with Gasteiger partial charge in [0.25, 0.3) is 5.78 Å². The van der Waals surface area contributed by atoms with Crippen molar-refractivity contribution in [3.8, 4) is 11.8 Å². The van der Waals surface area contributed by atoms with Crippen molar-refractivity contribution in [3.05, 3.63) is 23.7 Å². The molecule has 0 radical (unpaired) electrons. The number of anilines is 1. The van der Waals surface area contributed by atoms with E-state index in [4.69, 9.17) is 4.74 Å². The SMILES string of the molecule is CN1C(=O)C#CC(=O)/C1=C/c1ccnc(N2CCC(NC(=O)OC(C)(C)C)CC2)n1. The Bertz CT molecular complexity index is 946. The molecule has 2 amide bonds. The third-order valence-corrected chi connectivity index (χ3v) is 4.63. The molecule has 0 spiro atoms. The van der Waals surface area contributed by atoms with Gasteiger partial charge in [0.2, 0.25) is 5.95 Å². The van der Waals surface area contributed by atoms with Gasteiger partial charge in [-0.3, -0.25) is 9.59 Å². The summed E-state index contributed by atoms with van der Waals surface area (Å²) in [6, 6.07) is 1.69. The lowest BCUT2D eigenvalue weighted by Crippen LogP contribution is -2.46. The number of aromatic nitrogens is 2. The Balaban J connectivity index is 1.63. The first-order chi connectivity index (χ1) is 14.1. The van der Waals surface area contributed by atoms with Crippen LogP contribution in [0.5, 0.6) is 0 Å². The zero-order chi connectivity index (χ0) is 21.9. The second-order valence-corrected chi connectivity index (χ2v) is 8.16. The van der Waals surface area contributed by atoms with Crippen LogP contribution in [-0.4, -0.2) is 64.4 Å². The number of hydrogen-bond donors (Lipinski definition) is 1. The predicted octanol–water partition coefficient (Wildman–Crippen LogP) is 1.36. The van der Waals surface area contributed by atoms with E-state index in [2.05, 4.69) is 27.1 Å². The van der Waals surface area contributed by atoms with Crippen molar-refractivity contribution in [1.29, 1.82) is 0 Å². The van der Waals surface area contributed by atoms with Crippen LogP contribution in [0.15, 0.2) is 18.0 Å². The van der Waals surface area contributed by atoms with Gasteiger partial charge in [-0.2, -0.15) is 0 Å². The van der Waals surface area contributed by atoms with Crippen LogP contribution in [0.4, 0.5) is 10.7 Å². The van der Waals surface area contributed by atoms with E-state index in [-0.39, 0.29) is 11.7 Å². The van der Waals surface area contributed by atoms with Gasteiger partial charge in [-0.15, -0.1) is 0 Å². The highest BCUT2D eigenvalue weighted by atomic mass is 16.6. The number of likely N-dealkylation sites (N-methyl/N-ethyl adjacent to an activating group) is 1. The highest BCUT2D eigenvalue weighted by molar-refractivity contribution is 6.19. The van der Waals surface area contributed by atoms with Crippen LogP contribution < -0.4 is 10.2 Å². The highest BCUT2D eigenvalue weighted by Gasteiger charge is 2.25. The number of carbonyl (C=O) groups excluding carboxylic acids is 3. The minimum Gasteiger partial charge on any atom is -0.444 e. The van der Waals surface area contributed by atoms with Crippen molar-refractivity contribution in [1.82, 2.24) is 20.2 Å². The number of Topliss-reactive ketones (excluding diaryl/α,β-unsaturated/α-hetero) is 1. The second-order valence-electron chi connectivity index (χ2n) is 8.16. The van der Waals surface area contributed by atoms with Crippen LogP contribution in [0.3, 0.4) is 0 Å². The molecule has 0 atom stereocenters. The largest absolute Gasteiger partial charge is 0.444 e. The number of ether oxygens (including phenoxy) is 1. The summed E-state index contributed by atoms with van der Waals surface area (Å²) in [7, 11) is 1.50. The lowest BCUT2D eigenvalue weighted by molar-refractivity contribution is -0.125. The van der Waals surface area contributed by atoms with Gasteiger partial charge >= 0.3 is 12.0 Å². The van der Waals surface area contributed by atoms with Crippen LogP contribution >= 0.6 is 0 Å². The fourth-order valence-corrected chi connectivity index (χ4v) is 3.11. The fraction of sp³-hybridized carbons (Fsp3) is 0.476. The first-order valence-electron chi connectivity index (χ1n) is 9.75. The van der Waals surface area contributed by atoms with Crippen molar-refractivity contribution in [3.63, 3.8) is 0 Å². The molecular weight excluding hydrogens is 386 g/mol. The van der Waals surface area contributed by atoms with Crippen LogP contribution in [0.2, 0.25) is 0 Å². The monoisotopic (exact) mass is 411 g/mol. The quantitative estimate of drug-likeness (QED) is 0.455. The van der Waals surface area contributed by atoms with Crippen molar-refractivity contribution in [2.24, 2.45) is 0 Å². The molecule has 2 aliphatic rings. The van der Waals surface area contributed by atoms with Crippen molar-refractivity contribution >= 4 is 29.8 Å². The van der Waals surface area contributed by atoms with Gasteiger partial charge in [0.15, 0.2) is 0 Å². The van der Waals surface area contributed by atoms with E-state index in [9.17, 15) is 14.4 Å². The van der Waals surface area contributed by atoms with Crippen LogP contribution in [-0.2, 0) is 14.3 Å². The Morgan fingerprint density at radius 1 is 1.27 bits per heavy atom. The summed E-state index contributed by atoms with van der Waals surface area (Å²) in [5, 5.41) is 2.90. The molecule has 0 aromatic carbocycles. The maximum atomic E-state index is 12.0. The van der Waals surface area contributed by atoms with Crippen LogP contribution in [0.1, 0.15) is 39.3 Å². The first-order valence-corrected chi connectivity index (χ1v) is 9.75. The normalized spacial score (nSPS) is 18.9. The molecule has 0 aliphatic carbocycles. The molecule has 1 aromatic heterocycles. The number of nitrogens with zero attached hydrogens (tertiary/aromatic N) is 4. The summed E-state index contributed by atoms with van der Waals surface area (Å²) in [6.45, 7) is 6.83. The predicted molar refractivity (Wildman–Crippen MR) is 110 cm³/mol. The van der Waals surface area contributed by atoms with Gasteiger partial charge in [0.1, 0.15) is 11.3 Å². The maximum absolute atomic E-state index is 12.0. The number of alkyl carbamates (subject to hydrolysis) is 1. The van der Waals surface area contributed by atoms with Gasteiger partial charge in [-0.05, 0) is 51.7 Å². The van der Waals surface area contributed by atoms with E-state index in [1.54, 1.807) is 12.3 Å². The van der Waals surface area contributed by atoms with E-state index in [1.807, 2.05) is 25.7 Å². The summed E-state index contributed by atoms with van der Waals surface area (Å²) in [4.78, 5) is 47.7. The number of amides is 2. The highest BCUT2D eigenvalue weighted by Crippen LogP contribution is 2.19. The maximum Gasteiger partial charge on any atom is 0.407 e. The molecule has 3 rings (SSSR count). The molecule has 2 aliphatic heterocycles. The van der Waals surface area contributed by atoms with Gasteiger partial charge < -0.3 is 19.9 Å². The summed E-state index contributed by atoms with van der Waals surface area (Å²) < 4.78 is 5.30. The Morgan fingerprint density at radius 3 is 2.63 bits per heavy atom. The molecule has 0 saturated carbocycles. The minimum absolute atomic E-state index is 0.0273. The second kappa shape index (κ2) is 8.53. The molecule has 3 heterocycles. The molecule has 1 saturated heterocycles. The van der Waals surface area contributed by atoms with Gasteiger partial charge in [-0.1, -0.05) is 0 Å². The molecule has 1 N–H and O–H groups in total. The summed E-state index contributed by atoms with van der Waals surface area (Å²) >= 11 is 0. The number of piperidine rings is 1. The molecule has 1 fully saturated rings. The number of ketones is 1. The minimum atomic E-state index is -0.530. The Morgan fingerprint density at radius 2 is 1.97 bits per heavy atom. The zero-order valence-electron chi connectivity index (χ0n) is 17.6. The van der Waals surface area contributed by atoms with Gasteiger partial charge in [0, 0.05) is 38.3 Å². The molecule has 9 heteroatoms. The Kier molecular flexibility index (Phi) is 6.06. The van der Waals surface area contributed by atoms with Crippen molar-refractivity contribution < 1.29 is 19.1 Å². The lowest BCUT2D eigenvalue weighted by atomic mass is 10.1. The number of carbonyl (C=O) groups is 3. The smallest absolute Gasteiger partial charge is 0.407 e. The fourth-order valence-electron chi connectivity index (χ4n) is 3.11. The van der Waals surface area contributed by atoms with E-state index in [1.165, 1.54) is 18.0 Å². The molecule has 0 bridgehead atoms.